The van der Waals surface area contributed by atoms with Gasteiger partial charge in [0.25, 0.3) is 0 Å². The topological polar surface area (TPSA) is 56.5 Å². The number of ether oxygens (including phenoxy) is 1. The van der Waals surface area contributed by atoms with Crippen LogP contribution in [-0.2, 0) is 9.53 Å². The van der Waals surface area contributed by atoms with Crippen molar-refractivity contribution < 1.29 is 13.9 Å². The molecule has 2 aliphatic rings. The Balaban J connectivity index is 1.82. The maximum atomic E-state index is 12.2. The van der Waals surface area contributed by atoms with Gasteiger partial charge in [0.2, 0.25) is 0 Å². The summed E-state index contributed by atoms with van der Waals surface area (Å²) in [6.45, 7) is 2.23. The van der Waals surface area contributed by atoms with E-state index < -0.39 is 0 Å². The fraction of sp³-hybridized carbons (Fsp3) is 0.368. The Kier molecular flexibility index (Phi) is 3.23. The molecular formula is C19H16O4. The smallest absolute Gasteiger partial charge is 0.336 e. The normalized spacial score (nSPS) is 24.5. The van der Waals surface area contributed by atoms with E-state index in [0.717, 1.165) is 29.4 Å². The molecule has 23 heavy (non-hydrogen) atoms. The summed E-state index contributed by atoms with van der Waals surface area (Å²) < 4.78 is 10.5. The lowest BCUT2D eigenvalue weighted by Gasteiger charge is -2.08. The molecule has 4 heteroatoms. The van der Waals surface area contributed by atoms with E-state index in [4.69, 9.17) is 9.15 Å². The van der Waals surface area contributed by atoms with Gasteiger partial charge in [0.1, 0.15) is 5.58 Å². The van der Waals surface area contributed by atoms with Crippen LogP contribution >= 0.6 is 0 Å². The van der Waals surface area contributed by atoms with E-state index in [-0.39, 0.29) is 23.4 Å². The summed E-state index contributed by atoms with van der Waals surface area (Å²) in [4.78, 5) is 23.6. The summed E-state index contributed by atoms with van der Waals surface area (Å²) in [6, 6.07) is 6.99. The van der Waals surface area contributed by atoms with E-state index in [0.29, 0.717) is 18.1 Å². The molecule has 0 N–H and O–H groups in total. The van der Waals surface area contributed by atoms with Gasteiger partial charge >= 0.3 is 11.6 Å². The van der Waals surface area contributed by atoms with Gasteiger partial charge < -0.3 is 9.15 Å². The Morgan fingerprint density at radius 3 is 3.09 bits per heavy atom. The average Bonchev–Trinajstić information content (AvgIpc) is 3.22. The molecule has 3 atom stereocenters. The van der Waals surface area contributed by atoms with E-state index in [2.05, 4.69) is 11.8 Å². The van der Waals surface area contributed by atoms with Crippen LogP contribution in [0.25, 0.3) is 11.0 Å². The van der Waals surface area contributed by atoms with Gasteiger partial charge in [0.15, 0.2) is 0 Å². The summed E-state index contributed by atoms with van der Waals surface area (Å²) in [6.07, 6.45) is 1.69. The Labute approximate surface area is 133 Å². The van der Waals surface area contributed by atoms with Gasteiger partial charge in [0, 0.05) is 29.4 Å². The SMILES string of the molecule is CCOC(=O)C1C2CCC#Cc3cc4oc(=O)ccc4cc3C21. The van der Waals surface area contributed by atoms with Crippen LogP contribution < -0.4 is 5.63 Å². The van der Waals surface area contributed by atoms with Crippen molar-refractivity contribution in [1.82, 2.24) is 0 Å². The summed E-state index contributed by atoms with van der Waals surface area (Å²) in [5, 5.41) is 0.860. The van der Waals surface area contributed by atoms with Gasteiger partial charge in [-0.15, -0.1) is 0 Å². The number of carbonyl (C=O) groups excluding carboxylic acids is 1. The first-order chi connectivity index (χ1) is 11.2. The summed E-state index contributed by atoms with van der Waals surface area (Å²) in [7, 11) is 0. The first-order valence-electron chi connectivity index (χ1n) is 7.92. The summed E-state index contributed by atoms with van der Waals surface area (Å²) in [5.74, 6) is 6.58. The Hall–Kier alpha value is -2.54. The zero-order valence-corrected chi connectivity index (χ0v) is 12.8. The van der Waals surface area contributed by atoms with Crippen molar-refractivity contribution in [3.05, 3.63) is 45.8 Å². The quantitative estimate of drug-likeness (QED) is 0.486. The lowest BCUT2D eigenvalue weighted by Crippen LogP contribution is -2.08. The van der Waals surface area contributed by atoms with Crippen LogP contribution in [0.3, 0.4) is 0 Å². The minimum atomic E-state index is -0.370. The van der Waals surface area contributed by atoms with Gasteiger partial charge in [0.05, 0.1) is 12.5 Å². The molecule has 0 saturated heterocycles. The van der Waals surface area contributed by atoms with Crippen molar-refractivity contribution in [3.8, 4) is 11.8 Å². The molecule has 116 valence electrons. The van der Waals surface area contributed by atoms with Crippen LogP contribution in [0.4, 0.5) is 0 Å². The van der Waals surface area contributed by atoms with E-state index in [1.54, 1.807) is 6.07 Å². The monoisotopic (exact) mass is 308 g/mol. The third kappa shape index (κ3) is 2.33. The predicted octanol–water partition coefficient (Wildman–Crippen LogP) is 2.83. The van der Waals surface area contributed by atoms with Crippen LogP contribution in [0.2, 0.25) is 0 Å². The second-order valence-electron chi connectivity index (χ2n) is 6.04. The van der Waals surface area contributed by atoms with Crippen molar-refractivity contribution in [2.24, 2.45) is 11.8 Å². The molecule has 4 rings (SSSR count). The maximum absolute atomic E-state index is 12.2. The lowest BCUT2D eigenvalue weighted by molar-refractivity contribution is -0.145. The molecule has 1 saturated carbocycles. The maximum Gasteiger partial charge on any atom is 0.336 e. The van der Waals surface area contributed by atoms with Gasteiger partial charge in [-0.2, -0.15) is 0 Å². The second kappa shape index (κ2) is 5.27. The molecule has 0 amide bonds. The van der Waals surface area contributed by atoms with Crippen molar-refractivity contribution >= 4 is 16.9 Å². The lowest BCUT2D eigenvalue weighted by atomic mass is 9.97. The highest BCUT2D eigenvalue weighted by Crippen LogP contribution is 2.58. The number of carbonyl (C=O) groups is 1. The molecule has 2 aliphatic carbocycles. The molecule has 2 aromatic rings. The standard InChI is InChI=1S/C19H16O4/c1-2-22-19(21)18-13-6-4-3-5-11-10-15-12(7-8-16(20)23-15)9-14(11)17(13)18/h7-10,13,17-18H,2,4,6H2,1H3. The molecule has 3 unspecified atom stereocenters. The Morgan fingerprint density at radius 1 is 1.39 bits per heavy atom. The van der Waals surface area contributed by atoms with Crippen molar-refractivity contribution in [2.45, 2.75) is 25.7 Å². The molecule has 4 nitrogen and oxygen atoms in total. The van der Waals surface area contributed by atoms with E-state index >= 15 is 0 Å². The molecule has 0 radical (unpaired) electrons. The highest BCUT2D eigenvalue weighted by atomic mass is 16.5. The van der Waals surface area contributed by atoms with E-state index in [1.807, 2.05) is 19.1 Å². The van der Waals surface area contributed by atoms with Gasteiger partial charge in [-0.25, -0.2) is 4.79 Å². The van der Waals surface area contributed by atoms with Crippen LogP contribution in [0.5, 0.6) is 0 Å². The number of esters is 1. The minimum Gasteiger partial charge on any atom is -0.466 e. The third-order valence-electron chi connectivity index (χ3n) is 4.70. The number of rotatable bonds is 2. The molecule has 1 aromatic carbocycles. The molecule has 1 heterocycles. The van der Waals surface area contributed by atoms with Crippen molar-refractivity contribution in [1.29, 1.82) is 0 Å². The highest BCUT2D eigenvalue weighted by molar-refractivity contribution is 5.83. The Bertz CT molecular complexity index is 912. The molecule has 1 fully saturated rings. The Morgan fingerprint density at radius 2 is 2.26 bits per heavy atom. The molecule has 0 bridgehead atoms. The fourth-order valence-electron chi connectivity index (χ4n) is 3.63. The summed E-state index contributed by atoms with van der Waals surface area (Å²) >= 11 is 0. The average molecular weight is 308 g/mol. The second-order valence-corrected chi connectivity index (χ2v) is 6.04. The number of benzene rings is 1. The largest absolute Gasteiger partial charge is 0.466 e. The number of hydrogen-bond donors (Lipinski definition) is 0. The first-order valence-corrected chi connectivity index (χ1v) is 7.92. The first kappa shape index (κ1) is 14.1. The van der Waals surface area contributed by atoms with Crippen LogP contribution in [0.15, 0.2) is 33.5 Å². The van der Waals surface area contributed by atoms with Crippen LogP contribution in [-0.4, -0.2) is 12.6 Å². The summed E-state index contributed by atoms with van der Waals surface area (Å²) in [5.41, 5.74) is 2.09. The molecule has 0 spiro atoms. The molecule has 0 aliphatic heterocycles. The zero-order valence-electron chi connectivity index (χ0n) is 12.8. The van der Waals surface area contributed by atoms with E-state index in [9.17, 15) is 9.59 Å². The van der Waals surface area contributed by atoms with Crippen LogP contribution in [0.1, 0.15) is 36.8 Å². The van der Waals surface area contributed by atoms with Crippen molar-refractivity contribution in [2.75, 3.05) is 6.61 Å². The van der Waals surface area contributed by atoms with Gasteiger partial charge in [-0.3, -0.25) is 4.79 Å². The zero-order chi connectivity index (χ0) is 16.0. The molecule has 1 aromatic heterocycles. The number of hydrogen-bond acceptors (Lipinski definition) is 4. The van der Waals surface area contributed by atoms with Gasteiger partial charge in [-0.1, -0.05) is 11.8 Å². The van der Waals surface area contributed by atoms with E-state index in [1.165, 1.54) is 6.07 Å². The molecular weight excluding hydrogens is 292 g/mol. The minimum absolute atomic E-state index is 0.0800. The van der Waals surface area contributed by atoms with Gasteiger partial charge in [-0.05, 0) is 43.0 Å². The fourth-order valence-corrected chi connectivity index (χ4v) is 3.63. The van der Waals surface area contributed by atoms with Crippen molar-refractivity contribution in [3.63, 3.8) is 0 Å². The highest BCUT2D eigenvalue weighted by Gasteiger charge is 2.56. The number of fused-ring (bicyclic) bond motifs is 4. The third-order valence-corrected chi connectivity index (χ3v) is 4.70. The van der Waals surface area contributed by atoms with Crippen LogP contribution in [0, 0.1) is 23.7 Å². The predicted molar refractivity (Wildman–Crippen MR) is 85.0 cm³/mol.